The molecule has 2 aromatic heterocycles. The molecule has 22 heavy (non-hydrogen) atoms. The highest BCUT2D eigenvalue weighted by Gasteiger charge is 2.09. The van der Waals surface area contributed by atoms with E-state index in [0.29, 0.717) is 23.7 Å². The topological polar surface area (TPSA) is 76.9 Å². The van der Waals surface area contributed by atoms with Crippen molar-refractivity contribution < 1.29 is 9.26 Å². The zero-order valence-corrected chi connectivity index (χ0v) is 12.4. The SMILES string of the molecule is COc1cc(Cn2nc(-c3ccccc3)cc(C)c2=N)on1. The van der Waals surface area contributed by atoms with Crippen molar-refractivity contribution in [3.63, 3.8) is 0 Å². The van der Waals surface area contributed by atoms with Crippen molar-refractivity contribution in [2.75, 3.05) is 7.11 Å². The molecule has 0 unspecified atom stereocenters. The van der Waals surface area contributed by atoms with Crippen LogP contribution in [0.3, 0.4) is 0 Å². The fourth-order valence-electron chi connectivity index (χ4n) is 2.16. The molecule has 2 heterocycles. The molecule has 0 aliphatic heterocycles. The summed E-state index contributed by atoms with van der Waals surface area (Å²) in [5.41, 5.74) is 3.02. The summed E-state index contributed by atoms with van der Waals surface area (Å²) in [6.45, 7) is 2.23. The van der Waals surface area contributed by atoms with Crippen LogP contribution in [0.2, 0.25) is 0 Å². The first-order valence-electron chi connectivity index (χ1n) is 6.86. The molecule has 112 valence electrons. The van der Waals surface area contributed by atoms with Crippen LogP contribution in [0.25, 0.3) is 11.3 Å². The molecular formula is C16H16N4O2. The van der Waals surface area contributed by atoms with Gasteiger partial charge in [-0.1, -0.05) is 30.3 Å². The monoisotopic (exact) mass is 296 g/mol. The maximum absolute atomic E-state index is 8.16. The van der Waals surface area contributed by atoms with Gasteiger partial charge in [0, 0.05) is 11.6 Å². The van der Waals surface area contributed by atoms with E-state index in [9.17, 15) is 0 Å². The molecule has 0 amide bonds. The van der Waals surface area contributed by atoms with Crippen LogP contribution in [0.5, 0.6) is 5.88 Å². The van der Waals surface area contributed by atoms with Crippen LogP contribution in [-0.2, 0) is 6.54 Å². The molecule has 6 nitrogen and oxygen atoms in total. The average molecular weight is 296 g/mol. The molecule has 0 fully saturated rings. The second-order valence-electron chi connectivity index (χ2n) is 4.92. The lowest BCUT2D eigenvalue weighted by Gasteiger charge is -2.09. The number of nitrogens with one attached hydrogen (secondary N) is 1. The molecular weight excluding hydrogens is 280 g/mol. The van der Waals surface area contributed by atoms with Gasteiger partial charge < -0.3 is 9.26 Å². The Labute approximate surface area is 127 Å². The molecule has 1 N–H and O–H groups in total. The molecule has 0 aliphatic carbocycles. The van der Waals surface area contributed by atoms with Crippen molar-refractivity contribution in [1.29, 1.82) is 5.41 Å². The third-order valence-corrected chi connectivity index (χ3v) is 3.33. The van der Waals surface area contributed by atoms with Crippen LogP contribution in [-0.4, -0.2) is 22.0 Å². The van der Waals surface area contributed by atoms with E-state index in [2.05, 4.69) is 10.3 Å². The van der Waals surface area contributed by atoms with E-state index in [-0.39, 0.29) is 0 Å². The standard InChI is InChI=1S/C16H16N4O2/c1-11-8-14(12-6-4-3-5-7-12)18-20(16(11)17)10-13-9-15(21-2)19-22-13/h3-9,17H,10H2,1-2H3. The summed E-state index contributed by atoms with van der Waals surface area (Å²) >= 11 is 0. The van der Waals surface area contributed by atoms with E-state index in [1.54, 1.807) is 10.7 Å². The van der Waals surface area contributed by atoms with Gasteiger partial charge in [-0.2, -0.15) is 5.10 Å². The highest BCUT2D eigenvalue weighted by atomic mass is 16.5. The number of benzene rings is 1. The lowest BCUT2D eigenvalue weighted by Crippen LogP contribution is -2.25. The lowest BCUT2D eigenvalue weighted by molar-refractivity contribution is 0.321. The number of methoxy groups -OCH3 is 1. The first-order valence-corrected chi connectivity index (χ1v) is 6.86. The van der Waals surface area contributed by atoms with Gasteiger partial charge in [0.1, 0.15) is 12.0 Å². The van der Waals surface area contributed by atoms with Crippen molar-refractivity contribution in [2.45, 2.75) is 13.5 Å². The minimum absolute atomic E-state index is 0.330. The fourth-order valence-corrected chi connectivity index (χ4v) is 2.16. The maximum Gasteiger partial charge on any atom is 0.254 e. The Morgan fingerprint density at radius 2 is 2.00 bits per heavy atom. The van der Waals surface area contributed by atoms with Crippen molar-refractivity contribution in [3.8, 4) is 17.1 Å². The van der Waals surface area contributed by atoms with Gasteiger partial charge >= 0.3 is 0 Å². The Morgan fingerprint density at radius 3 is 2.68 bits per heavy atom. The fraction of sp³-hybridized carbons (Fsp3) is 0.188. The highest BCUT2D eigenvalue weighted by Crippen LogP contribution is 2.16. The van der Waals surface area contributed by atoms with Crippen LogP contribution >= 0.6 is 0 Å². The summed E-state index contributed by atoms with van der Waals surface area (Å²) in [5.74, 6) is 1.01. The lowest BCUT2D eigenvalue weighted by atomic mass is 10.1. The van der Waals surface area contributed by atoms with E-state index in [4.69, 9.17) is 14.7 Å². The van der Waals surface area contributed by atoms with Gasteiger partial charge in [0.25, 0.3) is 5.88 Å². The number of nitrogens with zero attached hydrogens (tertiary/aromatic N) is 3. The normalized spacial score (nSPS) is 10.6. The first kappa shape index (κ1) is 14.1. The molecule has 0 saturated carbocycles. The molecule has 0 atom stereocenters. The summed E-state index contributed by atoms with van der Waals surface area (Å²) in [6.07, 6.45) is 0. The zero-order chi connectivity index (χ0) is 15.5. The molecule has 3 aromatic rings. The molecule has 0 aliphatic rings. The van der Waals surface area contributed by atoms with Gasteiger partial charge in [-0.15, -0.1) is 0 Å². The quantitative estimate of drug-likeness (QED) is 0.802. The summed E-state index contributed by atoms with van der Waals surface area (Å²) in [5, 5.41) is 16.5. The summed E-state index contributed by atoms with van der Waals surface area (Å²) in [7, 11) is 1.53. The number of aromatic nitrogens is 3. The Bertz CT molecular complexity index is 837. The molecule has 1 aromatic carbocycles. The minimum Gasteiger partial charge on any atom is -0.479 e. The van der Waals surface area contributed by atoms with E-state index < -0.39 is 0 Å². The van der Waals surface area contributed by atoms with Gasteiger partial charge in [-0.25, -0.2) is 4.68 Å². The predicted octanol–water partition coefficient (Wildman–Crippen LogP) is 2.38. The Kier molecular flexibility index (Phi) is 3.74. The van der Waals surface area contributed by atoms with Crippen LogP contribution in [0.1, 0.15) is 11.3 Å². The highest BCUT2D eigenvalue weighted by molar-refractivity contribution is 5.58. The van der Waals surface area contributed by atoms with Crippen LogP contribution in [0.15, 0.2) is 47.0 Å². The molecule has 0 radical (unpaired) electrons. The molecule has 0 saturated heterocycles. The van der Waals surface area contributed by atoms with E-state index in [1.165, 1.54) is 7.11 Å². The van der Waals surface area contributed by atoms with Crippen molar-refractivity contribution >= 4 is 0 Å². The van der Waals surface area contributed by atoms with Gasteiger partial charge in [-0.05, 0) is 23.7 Å². The molecule has 6 heteroatoms. The number of ether oxygens (including phenoxy) is 1. The van der Waals surface area contributed by atoms with Gasteiger partial charge in [0.2, 0.25) is 0 Å². The first-order chi connectivity index (χ1) is 10.7. The number of hydrogen-bond donors (Lipinski definition) is 1. The second kappa shape index (κ2) is 5.85. The molecule has 0 spiro atoms. The van der Waals surface area contributed by atoms with Crippen LogP contribution < -0.4 is 10.2 Å². The average Bonchev–Trinajstić information content (AvgIpc) is 3.00. The van der Waals surface area contributed by atoms with Crippen molar-refractivity contribution in [1.82, 2.24) is 14.9 Å². The predicted molar refractivity (Wildman–Crippen MR) is 80.4 cm³/mol. The second-order valence-corrected chi connectivity index (χ2v) is 4.92. The van der Waals surface area contributed by atoms with Crippen molar-refractivity contribution in [2.24, 2.45) is 0 Å². The van der Waals surface area contributed by atoms with Crippen LogP contribution in [0.4, 0.5) is 0 Å². The number of hydrogen-bond acceptors (Lipinski definition) is 5. The van der Waals surface area contributed by atoms with E-state index in [1.807, 2.05) is 43.3 Å². The Balaban J connectivity index is 2.00. The van der Waals surface area contributed by atoms with Gasteiger partial charge in [0.05, 0.1) is 12.8 Å². The molecule has 3 rings (SSSR count). The van der Waals surface area contributed by atoms with E-state index in [0.717, 1.165) is 16.8 Å². The summed E-state index contributed by atoms with van der Waals surface area (Å²) < 4.78 is 11.8. The van der Waals surface area contributed by atoms with Crippen LogP contribution in [0, 0.1) is 12.3 Å². The summed E-state index contributed by atoms with van der Waals surface area (Å²) in [4.78, 5) is 0. The third kappa shape index (κ3) is 2.76. The van der Waals surface area contributed by atoms with Gasteiger partial charge in [-0.3, -0.25) is 5.41 Å². The number of rotatable bonds is 4. The van der Waals surface area contributed by atoms with Crippen molar-refractivity contribution in [3.05, 3.63) is 59.3 Å². The Morgan fingerprint density at radius 1 is 1.23 bits per heavy atom. The molecule has 0 bridgehead atoms. The zero-order valence-electron chi connectivity index (χ0n) is 12.4. The summed E-state index contributed by atoms with van der Waals surface area (Å²) in [6, 6.07) is 13.5. The minimum atomic E-state index is 0.330. The Hall–Kier alpha value is -2.89. The third-order valence-electron chi connectivity index (χ3n) is 3.33. The maximum atomic E-state index is 8.16. The smallest absolute Gasteiger partial charge is 0.254 e. The number of aryl methyl sites for hydroxylation is 1. The van der Waals surface area contributed by atoms with E-state index >= 15 is 0 Å². The van der Waals surface area contributed by atoms with Gasteiger partial charge in [0.15, 0.2) is 5.76 Å². The largest absolute Gasteiger partial charge is 0.479 e.